The minimum Gasteiger partial charge on any atom is -0.463 e. The van der Waals surface area contributed by atoms with Crippen molar-refractivity contribution in [3.63, 3.8) is 0 Å². The summed E-state index contributed by atoms with van der Waals surface area (Å²) in [6.45, 7) is 1.88. The van der Waals surface area contributed by atoms with E-state index in [1.165, 1.54) is 12.5 Å². The third-order valence-corrected chi connectivity index (χ3v) is 2.33. The molecule has 1 heterocycles. The molecule has 92 valence electrons. The molecule has 18 heavy (non-hydrogen) atoms. The second-order valence-corrected chi connectivity index (χ2v) is 3.75. The van der Waals surface area contributed by atoms with E-state index >= 15 is 0 Å². The first-order valence-corrected chi connectivity index (χ1v) is 5.18. The molecule has 0 atom stereocenters. The average Bonchev–Trinajstić information content (AvgIpc) is 2.32. The second-order valence-electron chi connectivity index (χ2n) is 3.75. The predicted molar refractivity (Wildman–Crippen MR) is 67.5 cm³/mol. The number of nitrogens with one attached hydrogen (secondary N) is 1. The molecule has 2 rings (SSSR count). The molecule has 6 heteroatoms. The molecule has 0 spiro atoms. The molecule has 0 aliphatic carbocycles. The van der Waals surface area contributed by atoms with Crippen molar-refractivity contribution < 1.29 is 9.21 Å². The first-order valence-electron chi connectivity index (χ1n) is 5.18. The number of carbonyl (C=O) groups is 1. The van der Waals surface area contributed by atoms with Gasteiger partial charge in [-0.15, -0.1) is 0 Å². The molecule has 2 amide bonds. The van der Waals surface area contributed by atoms with Crippen molar-refractivity contribution in [1.29, 1.82) is 0 Å². The maximum Gasteiger partial charge on any atom is 0.332 e. The van der Waals surface area contributed by atoms with Gasteiger partial charge in [-0.1, -0.05) is 11.6 Å². The molecule has 2 aromatic rings. The summed E-state index contributed by atoms with van der Waals surface area (Å²) < 4.78 is 5.30. The van der Waals surface area contributed by atoms with Gasteiger partial charge in [0.1, 0.15) is 11.8 Å². The van der Waals surface area contributed by atoms with Gasteiger partial charge in [-0.25, -0.2) is 10.2 Å². The van der Waals surface area contributed by atoms with Crippen molar-refractivity contribution in [2.75, 3.05) is 0 Å². The van der Waals surface area contributed by atoms with E-state index in [-0.39, 0.29) is 11.0 Å². The molecule has 0 bridgehead atoms. The lowest BCUT2D eigenvalue weighted by Crippen LogP contribution is -2.24. The fourth-order valence-electron chi connectivity index (χ4n) is 1.51. The number of hydrogen-bond acceptors (Lipinski definition) is 4. The molecule has 6 nitrogen and oxygen atoms in total. The molecule has 3 N–H and O–H groups in total. The Labute approximate surface area is 102 Å². The van der Waals surface area contributed by atoms with Crippen LogP contribution in [0.4, 0.5) is 4.79 Å². The van der Waals surface area contributed by atoms with E-state index in [0.717, 1.165) is 5.56 Å². The van der Waals surface area contributed by atoms with E-state index < -0.39 is 6.03 Å². The molecular weight excluding hydrogens is 234 g/mol. The second kappa shape index (κ2) is 4.70. The number of carbonyl (C=O) groups excluding carboxylic acids is 1. The highest BCUT2D eigenvalue weighted by Crippen LogP contribution is 2.12. The highest BCUT2D eigenvalue weighted by atomic mass is 16.3. The highest BCUT2D eigenvalue weighted by Gasteiger charge is 2.05. The number of fused-ring (bicyclic) bond motifs is 1. The van der Waals surface area contributed by atoms with Gasteiger partial charge in [-0.2, -0.15) is 5.10 Å². The van der Waals surface area contributed by atoms with Gasteiger partial charge >= 0.3 is 6.03 Å². The lowest BCUT2D eigenvalue weighted by atomic mass is 10.1. The van der Waals surface area contributed by atoms with Crippen LogP contribution in [-0.2, 0) is 0 Å². The number of primary amides is 1. The summed E-state index contributed by atoms with van der Waals surface area (Å²) in [5.41, 5.74) is 8.34. The monoisotopic (exact) mass is 245 g/mol. The summed E-state index contributed by atoms with van der Waals surface area (Å²) in [6.07, 6.45) is 2.48. The lowest BCUT2D eigenvalue weighted by molar-refractivity contribution is 0.249. The van der Waals surface area contributed by atoms with Gasteiger partial charge in [-0.05, 0) is 19.1 Å². The van der Waals surface area contributed by atoms with Crippen LogP contribution >= 0.6 is 0 Å². The van der Waals surface area contributed by atoms with Crippen LogP contribution in [0.5, 0.6) is 0 Å². The molecule has 0 aliphatic rings. The van der Waals surface area contributed by atoms with Gasteiger partial charge in [0, 0.05) is 0 Å². The normalized spacial score (nSPS) is 10.9. The zero-order chi connectivity index (χ0) is 13.1. The molecule has 0 fully saturated rings. The molecule has 1 aromatic heterocycles. The largest absolute Gasteiger partial charge is 0.463 e. The van der Waals surface area contributed by atoms with E-state index in [0.29, 0.717) is 11.0 Å². The predicted octanol–water partition coefficient (Wildman–Crippen LogP) is 1.10. The minimum absolute atomic E-state index is 0.213. The first kappa shape index (κ1) is 11.8. The van der Waals surface area contributed by atoms with Crippen LogP contribution in [0.15, 0.2) is 38.8 Å². The van der Waals surface area contributed by atoms with Crippen molar-refractivity contribution in [3.05, 3.63) is 45.8 Å². The Morgan fingerprint density at radius 3 is 3.00 bits per heavy atom. The Bertz CT molecular complexity index is 689. The Balaban J connectivity index is 2.47. The van der Waals surface area contributed by atoms with Gasteiger partial charge in [0.2, 0.25) is 5.43 Å². The highest BCUT2D eigenvalue weighted by molar-refractivity contribution is 5.87. The van der Waals surface area contributed by atoms with Crippen LogP contribution in [0.1, 0.15) is 11.1 Å². The SMILES string of the molecule is Cc1ccc2occ(/C=N/NC(N)=O)c(=O)c2c1. The zero-order valence-electron chi connectivity index (χ0n) is 9.64. The maximum atomic E-state index is 12.1. The Kier molecular flexibility index (Phi) is 3.09. The number of benzene rings is 1. The fourth-order valence-corrected chi connectivity index (χ4v) is 1.51. The third kappa shape index (κ3) is 2.37. The third-order valence-electron chi connectivity index (χ3n) is 2.33. The van der Waals surface area contributed by atoms with Crippen molar-refractivity contribution in [2.45, 2.75) is 6.92 Å². The molecule has 0 unspecified atom stereocenters. The van der Waals surface area contributed by atoms with E-state index in [9.17, 15) is 9.59 Å². The standard InChI is InChI=1S/C12H11N3O3/c1-7-2-3-10-9(4-7)11(16)8(6-18-10)5-14-15-12(13)17/h2-6H,1H3,(H3,13,15,17)/b14-5+. The lowest BCUT2D eigenvalue weighted by Gasteiger charge is -1.99. The molecule has 0 radical (unpaired) electrons. The van der Waals surface area contributed by atoms with Crippen molar-refractivity contribution in [3.8, 4) is 0 Å². The minimum atomic E-state index is -0.799. The van der Waals surface area contributed by atoms with Crippen LogP contribution in [0.3, 0.4) is 0 Å². The number of nitrogens with zero attached hydrogens (tertiary/aromatic N) is 1. The van der Waals surface area contributed by atoms with Crippen molar-refractivity contribution in [1.82, 2.24) is 5.43 Å². The van der Waals surface area contributed by atoms with Crippen LogP contribution in [0.2, 0.25) is 0 Å². The summed E-state index contributed by atoms with van der Waals surface area (Å²) >= 11 is 0. The first-order chi connectivity index (χ1) is 8.58. The van der Waals surface area contributed by atoms with Crippen molar-refractivity contribution in [2.24, 2.45) is 10.8 Å². The van der Waals surface area contributed by atoms with Crippen molar-refractivity contribution >= 4 is 23.2 Å². The molecule has 0 aliphatic heterocycles. The summed E-state index contributed by atoms with van der Waals surface area (Å²) in [4.78, 5) is 22.5. The smallest absolute Gasteiger partial charge is 0.332 e. The maximum absolute atomic E-state index is 12.1. The van der Waals surface area contributed by atoms with Crippen LogP contribution in [0, 0.1) is 6.92 Å². The van der Waals surface area contributed by atoms with Gasteiger partial charge in [-0.3, -0.25) is 4.79 Å². The van der Waals surface area contributed by atoms with Gasteiger partial charge in [0.05, 0.1) is 17.2 Å². The Hall–Kier alpha value is -2.63. The number of aryl methyl sites for hydroxylation is 1. The molecular formula is C12H11N3O3. The van der Waals surface area contributed by atoms with Crippen LogP contribution in [0.25, 0.3) is 11.0 Å². The average molecular weight is 245 g/mol. The zero-order valence-corrected chi connectivity index (χ0v) is 9.64. The summed E-state index contributed by atoms with van der Waals surface area (Å²) in [7, 11) is 0. The topological polar surface area (TPSA) is 97.7 Å². The quantitative estimate of drug-likeness (QED) is 0.612. The number of urea groups is 1. The van der Waals surface area contributed by atoms with Crippen LogP contribution in [-0.4, -0.2) is 12.2 Å². The number of hydrazone groups is 1. The fraction of sp³-hybridized carbons (Fsp3) is 0.0833. The summed E-state index contributed by atoms with van der Waals surface area (Å²) in [5, 5.41) is 3.99. The Morgan fingerprint density at radius 1 is 1.50 bits per heavy atom. The van der Waals surface area contributed by atoms with Crippen LogP contribution < -0.4 is 16.6 Å². The number of nitrogens with two attached hydrogens (primary N) is 1. The molecule has 0 saturated carbocycles. The van der Waals surface area contributed by atoms with E-state index in [1.54, 1.807) is 12.1 Å². The number of hydrogen-bond donors (Lipinski definition) is 2. The number of amides is 2. The van der Waals surface area contributed by atoms with Gasteiger partial charge in [0.15, 0.2) is 0 Å². The van der Waals surface area contributed by atoms with E-state index in [2.05, 4.69) is 5.10 Å². The van der Waals surface area contributed by atoms with E-state index in [1.807, 2.05) is 18.4 Å². The summed E-state index contributed by atoms with van der Waals surface area (Å²) in [6, 6.07) is 4.52. The Morgan fingerprint density at radius 2 is 2.28 bits per heavy atom. The van der Waals surface area contributed by atoms with Gasteiger partial charge < -0.3 is 10.2 Å². The number of rotatable bonds is 2. The van der Waals surface area contributed by atoms with Gasteiger partial charge in [0.25, 0.3) is 0 Å². The summed E-state index contributed by atoms with van der Waals surface area (Å²) in [5.74, 6) is 0. The van der Waals surface area contributed by atoms with E-state index in [4.69, 9.17) is 10.2 Å². The molecule has 0 saturated heterocycles. The molecule has 1 aromatic carbocycles.